The number of likely N-dealkylation sites (tertiary alicyclic amines) is 1. The summed E-state index contributed by atoms with van der Waals surface area (Å²) < 4.78 is 0. The van der Waals surface area contributed by atoms with Crippen LogP contribution in [0, 0.1) is 5.92 Å². The Morgan fingerprint density at radius 1 is 1.27 bits per heavy atom. The molecular formula is C21H28N4O3S2. The quantitative estimate of drug-likeness (QED) is 0.604. The molecule has 2 aromatic rings. The number of thiazole rings is 1. The number of aromatic nitrogens is 1. The molecule has 30 heavy (non-hydrogen) atoms. The van der Waals surface area contributed by atoms with Gasteiger partial charge in [0.2, 0.25) is 11.8 Å². The summed E-state index contributed by atoms with van der Waals surface area (Å²) in [5.74, 6) is -0.340. The zero-order chi connectivity index (χ0) is 21.5. The zero-order valence-electron chi connectivity index (χ0n) is 17.3. The van der Waals surface area contributed by atoms with Crippen molar-refractivity contribution >= 4 is 45.5 Å². The fourth-order valence-electron chi connectivity index (χ4n) is 3.47. The molecule has 1 aliphatic rings. The van der Waals surface area contributed by atoms with Crippen molar-refractivity contribution in [1.29, 1.82) is 0 Å². The third kappa shape index (κ3) is 5.89. The fourth-order valence-corrected chi connectivity index (χ4v) is 4.79. The van der Waals surface area contributed by atoms with Crippen molar-refractivity contribution < 1.29 is 14.4 Å². The van der Waals surface area contributed by atoms with E-state index in [2.05, 4.69) is 22.5 Å². The van der Waals surface area contributed by atoms with E-state index in [1.165, 1.54) is 22.7 Å². The maximum absolute atomic E-state index is 12.9. The van der Waals surface area contributed by atoms with Crippen LogP contribution in [0.1, 0.15) is 54.9 Å². The first kappa shape index (κ1) is 22.4. The van der Waals surface area contributed by atoms with Gasteiger partial charge in [-0.15, -0.1) is 22.7 Å². The lowest BCUT2D eigenvalue weighted by atomic mass is 9.92. The van der Waals surface area contributed by atoms with E-state index in [0.717, 1.165) is 25.7 Å². The molecule has 0 spiro atoms. The fraction of sp³-hybridized carbons (Fsp3) is 0.524. The van der Waals surface area contributed by atoms with E-state index in [0.29, 0.717) is 28.8 Å². The van der Waals surface area contributed by atoms with E-state index in [4.69, 9.17) is 0 Å². The minimum Gasteiger partial charge on any atom is -0.356 e. The molecule has 3 rings (SSSR count). The second kappa shape index (κ2) is 10.7. The number of piperidine rings is 1. The Labute approximate surface area is 184 Å². The molecule has 0 unspecified atom stereocenters. The van der Waals surface area contributed by atoms with Gasteiger partial charge in [-0.3, -0.25) is 19.7 Å². The van der Waals surface area contributed by atoms with Crippen LogP contribution in [0.5, 0.6) is 0 Å². The number of carbonyl (C=O) groups excluding carboxylic acids is 3. The molecule has 2 aromatic heterocycles. The van der Waals surface area contributed by atoms with E-state index in [-0.39, 0.29) is 36.1 Å². The topological polar surface area (TPSA) is 91.4 Å². The number of rotatable bonds is 8. The number of unbranched alkanes of at least 4 members (excludes halogenated alkanes) is 1. The van der Waals surface area contributed by atoms with Crippen LogP contribution in [0.3, 0.4) is 0 Å². The first-order valence-corrected chi connectivity index (χ1v) is 12.1. The Hall–Kier alpha value is -2.26. The van der Waals surface area contributed by atoms with Crippen LogP contribution in [0.2, 0.25) is 0 Å². The van der Waals surface area contributed by atoms with Gasteiger partial charge in [0.15, 0.2) is 5.13 Å². The van der Waals surface area contributed by atoms with Crippen molar-refractivity contribution in [3.8, 4) is 0 Å². The van der Waals surface area contributed by atoms with Crippen molar-refractivity contribution in [2.45, 2.75) is 52.0 Å². The van der Waals surface area contributed by atoms with Crippen molar-refractivity contribution in [2.75, 3.05) is 18.4 Å². The molecule has 0 aliphatic carbocycles. The van der Waals surface area contributed by atoms with E-state index in [1.54, 1.807) is 16.3 Å². The summed E-state index contributed by atoms with van der Waals surface area (Å²) in [6, 6.07) is 3.68. The SMILES string of the molecule is CCCCNC(=O)[C@H]1CC[C@H](C)N(C(=O)Cc2csc(NC(=O)c3cccs3)n2)C1. The standard InChI is InChI=1S/C21H28N4O3S2/c1-3-4-9-22-19(27)15-8-7-14(2)25(12-15)18(26)11-16-13-30-21(23-16)24-20(28)17-6-5-10-29-17/h5-6,10,13-15H,3-4,7-9,11-12H2,1-2H3,(H,22,27)(H,23,24,28)/t14-,15-/m0/s1. The summed E-state index contributed by atoms with van der Waals surface area (Å²) in [7, 11) is 0. The van der Waals surface area contributed by atoms with E-state index in [1.807, 2.05) is 18.4 Å². The highest BCUT2D eigenvalue weighted by Crippen LogP contribution is 2.24. The molecule has 7 nitrogen and oxygen atoms in total. The number of amides is 3. The molecule has 2 N–H and O–H groups in total. The van der Waals surface area contributed by atoms with Gasteiger partial charge in [0, 0.05) is 24.5 Å². The summed E-state index contributed by atoms with van der Waals surface area (Å²) in [5.41, 5.74) is 0.633. The normalized spacial score (nSPS) is 18.8. The van der Waals surface area contributed by atoms with E-state index in [9.17, 15) is 14.4 Å². The summed E-state index contributed by atoms with van der Waals surface area (Å²) in [5, 5.41) is 9.88. The van der Waals surface area contributed by atoms with Gasteiger partial charge in [-0.25, -0.2) is 4.98 Å². The van der Waals surface area contributed by atoms with Crippen LogP contribution >= 0.6 is 22.7 Å². The lowest BCUT2D eigenvalue weighted by Crippen LogP contribution is -2.50. The Morgan fingerprint density at radius 3 is 2.83 bits per heavy atom. The summed E-state index contributed by atoms with van der Waals surface area (Å²) in [6.45, 7) is 5.25. The van der Waals surface area contributed by atoms with Gasteiger partial charge < -0.3 is 10.2 Å². The molecule has 3 heterocycles. The third-order valence-corrected chi connectivity index (χ3v) is 6.93. The first-order valence-electron chi connectivity index (χ1n) is 10.3. The number of hydrogen-bond donors (Lipinski definition) is 2. The summed E-state index contributed by atoms with van der Waals surface area (Å²) in [6.07, 6.45) is 3.79. The number of hydrogen-bond acceptors (Lipinski definition) is 6. The average molecular weight is 449 g/mol. The number of anilines is 1. The largest absolute Gasteiger partial charge is 0.356 e. The third-order valence-electron chi connectivity index (χ3n) is 5.25. The molecule has 0 bridgehead atoms. The van der Waals surface area contributed by atoms with Gasteiger partial charge in [0.1, 0.15) is 0 Å². The Balaban J connectivity index is 1.54. The van der Waals surface area contributed by atoms with Crippen LogP contribution in [-0.4, -0.2) is 46.7 Å². The minimum atomic E-state index is -0.196. The summed E-state index contributed by atoms with van der Waals surface area (Å²) >= 11 is 2.67. The predicted octanol–water partition coefficient (Wildman–Crippen LogP) is 3.54. The van der Waals surface area contributed by atoms with Crippen LogP contribution in [0.25, 0.3) is 0 Å². The molecule has 3 amide bonds. The highest BCUT2D eigenvalue weighted by Gasteiger charge is 2.32. The highest BCUT2D eigenvalue weighted by atomic mass is 32.1. The van der Waals surface area contributed by atoms with Gasteiger partial charge in [-0.05, 0) is 37.6 Å². The minimum absolute atomic E-state index is 0.0324. The predicted molar refractivity (Wildman–Crippen MR) is 120 cm³/mol. The number of thiophene rings is 1. The molecular weight excluding hydrogens is 420 g/mol. The first-order chi connectivity index (χ1) is 14.5. The molecule has 1 saturated heterocycles. The molecule has 0 saturated carbocycles. The zero-order valence-corrected chi connectivity index (χ0v) is 19.0. The summed E-state index contributed by atoms with van der Waals surface area (Å²) in [4.78, 5) is 44.3. The Kier molecular flexibility index (Phi) is 7.98. The molecule has 162 valence electrons. The molecule has 0 aromatic carbocycles. The van der Waals surface area contributed by atoms with Crippen molar-refractivity contribution in [3.05, 3.63) is 33.5 Å². The van der Waals surface area contributed by atoms with Crippen LogP contribution < -0.4 is 10.6 Å². The van der Waals surface area contributed by atoms with E-state index >= 15 is 0 Å². The maximum atomic E-state index is 12.9. The van der Waals surface area contributed by atoms with Gasteiger partial charge >= 0.3 is 0 Å². The number of carbonyl (C=O) groups is 3. The molecule has 0 radical (unpaired) electrons. The van der Waals surface area contributed by atoms with Gasteiger partial charge in [-0.1, -0.05) is 19.4 Å². The molecule has 9 heteroatoms. The lowest BCUT2D eigenvalue weighted by molar-refractivity contribution is -0.137. The van der Waals surface area contributed by atoms with Gasteiger partial charge in [0.05, 0.1) is 22.9 Å². The smallest absolute Gasteiger partial charge is 0.267 e. The second-order valence-corrected chi connectivity index (χ2v) is 9.37. The van der Waals surface area contributed by atoms with Crippen molar-refractivity contribution in [3.63, 3.8) is 0 Å². The highest BCUT2D eigenvalue weighted by molar-refractivity contribution is 7.14. The second-order valence-electron chi connectivity index (χ2n) is 7.57. The monoisotopic (exact) mass is 448 g/mol. The van der Waals surface area contributed by atoms with Gasteiger partial charge in [-0.2, -0.15) is 0 Å². The Bertz CT molecular complexity index is 865. The van der Waals surface area contributed by atoms with Crippen molar-refractivity contribution in [2.24, 2.45) is 5.92 Å². The lowest BCUT2D eigenvalue weighted by Gasteiger charge is -2.37. The Morgan fingerprint density at radius 2 is 2.10 bits per heavy atom. The molecule has 2 atom stereocenters. The van der Waals surface area contributed by atoms with E-state index < -0.39 is 0 Å². The molecule has 1 fully saturated rings. The van der Waals surface area contributed by atoms with Crippen LogP contribution in [0.15, 0.2) is 22.9 Å². The number of nitrogens with zero attached hydrogens (tertiary/aromatic N) is 2. The van der Waals surface area contributed by atoms with Crippen molar-refractivity contribution in [1.82, 2.24) is 15.2 Å². The number of nitrogens with one attached hydrogen (secondary N) is 2. The average Bonchev–Trinajstić information content (AvgIpc) is 3.40. The van der Waals surface area contributed by atoms with Crippen LogP contribution in [0.4, 0.5) is 5.13 Å². The van der Waals surface area contributed by atoms with Crippen LogP contribution in [-0.2, 0) is 16.0 Å². The van der Waals surface area contributed by atoms with Gasteiger partial charge in [0.25, 0.3) is 5.91 Å². The molecule has 1 aliphatic heterocycles. The maximum Gasteiger partial charge on any atom is 0.267 e.